The minimum Gasteiger partial charge on any atom is -0.550 e. The minimum atomic E-state index is -1.39. The van der Waals surface area contributed by atoms with E-state index in [9.17, 15) is 29.3 Å². The topological polar surface area (TPSA) is 137 Å². The average Bonchev–Trinajstić information content (AvgIpc) is 3.12. The summed E-state index contributed by atoms with van der Waals surface area (Å²) < 4.78 is 20.3. The Hall–Kier alpha value is -1.82. The summed E-state index contributed by atoms with van der Waals surface area (Å²) in [7, 11) is 1.52. The Morgan fingerprint density at radius 3 is 2.41 bits per heavy atom. The first kappa shape index (κ1) is 30.2. The van der Waals surface area contributed by atoms with E-state index in [-0.39, 0.29) is 67.1 Å². The van der Waals surface area contributed by atoms with E-state index in [4.69, 9.17) is 4.74 Å². The van der Waals surface area contributed by atoms with E-state index >= 15 is 0 Å². The van der Waals surface area contributed by atoms with Gasteiger partial charge in [-0.3, -0.25) is 4.79 Å². The molecule has 1 aromatic heterocycles. The molecule has 2 rings (SSSR count). The number of carbonyl (C=O) groups is 2. The molecule has 1 heterocycles. The summed E-state index contributed by atoms with van der Waals surface area (Å²) in [6.45, 7) is 4.70. The number of rotatable bonds is 13. The van der Waals surface area contributed by atoms with Gasteiger partial charge in [-0.05, 0) is 37.1 Å². The molecule has 1 aromatic carbocycles. The van der Waals surface area contributed by atoms with E-state index in [0.717, 1.165) is 0 Å². The van der Waals surface area contributed by atoms with Gasteiger partial charge in [0.05, 0.1) is 24.5 Å². The van der Waals surface area contributed by atoms with Crippen LogP contribution in [0, 0.1) is 5.82 Å². The molecule has 3 N–H and O–H groups in total. The number of ether oxygens (including phenoxy) is 1. The number of aliphatic carboxylic acids is 1. The summed E-state index contributed by atoms with van der Waals surface area (Å²) in [5.74, 6) is -1.68. The summed E-state index contributed by atoms with van der Waals surface area (Å²) >= 11 is 0. The molecule has 2 aromatic rings. The van der Waals surface area contributed by atoms with Gasteiger partial charge in [0.1, 0.15) is 11.6 Å². The van der Waals surface area contributed by atoms with Crippen LogP contribution in [0.4, 0.5) is 4.39 Å². The number of carboxylic acids is 1. The molecule has 0 aliphatic heterocycles. The molecule has 11 heteroatoms. The maximum absolute atomic E-state index is 13.5. The largest absolute Gasteiger partial charge is 1.00 e. The molecule has 1 amide bonds. The SMILES string of the molecule is COCCNC(=O)c1nc(C(C)C)n(CC[C@@H](O)C[C@@H](O)CC(=O)[O-])c1-c1ccc(F)cc1.[Na+]. The molecule has 0 saturated heterocycles. The van der Waals surface area contributed by atoms with Crippen LogP contribution in [0.2, 0.25) is 0 Å². The Morgan fingerprint density at radius 2 is 1.85 bits per heavy atom. The molecule has 9 nitrogen and oxygen atoms in total. The second-order valence-electron chi connectivity index (χ2n) is 8.14. The van der Waals surface area contributed by atoms with Gasteiger partial charge in [-0.25, -0.2) is 9.37 Å². The van der Waals surface area contributed by atoms with Crippen LogP contribution in [0.3, 0.4) is 0 Å². The van der Waals surface area contributed by atoms with Crippen LogP contribution >= 0.6 is 0 Å². The van der Waals surface area contributed by atoms with Crippen molar-refractivity contribution in [2.75, 3.05) is 20.3 Å². The maximum Gasteiger partial charge on any atom is 1.00 e. The number of nitrogens with one attached hydrogen (secondary N) is 1. The number of halogens is 1. The molecule has 0 bridgehead atoms. The van der Waals surface area contributed by atoms with Gasteiger partial charge in [0.2, 0.25) is 0 Å². The number of hydrogen-bond acceptors (Lipinski definition) is 7. The molecule has 0 fully saturated rings. The van der Waals surface area contributed by atoms with E-state index < -0.39 is 36.3 Å². The Kier molecular flexibility index (Phi) is 12.9. The second-order valence-corrected chi connectivity index (χ2v) is 8.14. The van der Waals surface area contributed by atoms with Crippen LogP contribution in [0.1, 0.15) is 55.3 Å². The Labute approximate surface area is 220 Å². The van der Waals surface area contributed by atoms with Crippen molar-refractivity contribution >= 4 is 11.9 Å². The van der Waals surface area contributed by atoms with Gasteiger partial charge in [0.25, 0.3) is 5.91 Å². The smallest absolute Gasteiger partial charge is 0.550 e. The van der Waals surface area contributed by atoms with Crippen LogP contribution < -0.4 is 40.0 Å². The van der Waals surface area contributed by atoms with Gasteiger partial charge in [0, 0.05) is 44.1 Å². The summed E-state index contributed by atoms with van der Waals surface area (Å²) in [5, 5.41) is 33.5. The first-order chi connectivity index (χ1) is 15.6. The number of carboxylic acid groups (broad SMARTS) is 1. The summed E-state index contributed by atoms with van der Waals surface area (Å²) in [5.41, 5.74) is 1.24. The third-order valence-electron chi connectivity index (χ3n) is 5.07. The molecule has 0 aliphatic rings. The number of hydrogen-bond donors (Lipinski definition) is 3. The number of aliphatic hydroxyl groups is 2. The second kappa shape index (κ2) is 14.6. The third-order valence-corrected chi connectivity index (χ3v) is 5.07. The summed E-state index contributed by atoms with van der Waals surface area (Å²) in [6, 6.07) is 5.69. The van der Waals surface area contributed by atoms with E-state index in [1.165, 1.54) is 19.2 Å². The first-order valence-corrected chi connectivity index (χ1v) is 10.8. The van der Waals surface area contributed by atoms with Crippen LogP contribution in [-0.2, 0) is 16.1 Å². The number of aliphatic hydroxyl groups excluding tert-OH is 2. The Morgan fingerprint density at radius 1 is 1.21 bits per heavy atom. The fourth-order valence-electron chi connectivity index (χ4n) is 3.53. The number of imidazole rings is 1. The van der Waals surface area contributed by atoms with Crippen LogP contribution in [0.5, 0.6) is 0 Å². The van der Waals surface area contributed by atoms with Crippen molar-refractivity contribution in [1.82, 2.24) is 14.9 Å². The predicted molar refractivity (Wildman–Crippen MR) is 117 cm³/mol. The average molecular weight is 488 g/mol. The van der Waals surface area contributed by atoms with Crippen LogP contribution in [0.25, 0.3) is 11.3 Å². The fraction of sp³-hybridized carbons (Fsp3) is 0.522. The van der Waals surface area contributed by atoms with Crippen molar-refractivity contribution in [2.24, 2.45) is 0 Å². The quantitative estimate of drug-likeness (QED) is 0.216. The zero-order valence-electron chi connectivity index (χ0n) is 20.1. The Balaban J connectivity index is 0.00000578. The molecule has 0 spiro atoms. The van der Waals surface area contributed by atoms with Crippen molar-refractivity contribution in [2.45, 2.75) is 57.8 Å². The summed E-state index contributed by atoms with van der Waals surface area (Å²) in [6.07, 6.45) is -2.72. The van der Waals surface area contributed by atoms with Crippen molar-refractivity contribution in [1.29, 1.82) is 0 Å². The maximum atomic E-state index is 13.5. The van der Waals surface area contributed by atoms with E-state index in [1.807, 2.05) is 13.8 Å². The molecule has 0 radical (unpaired) electrons. The van der Waals surface area contributed by atoms with Crippen molar-refractivity contribution in [3.8, 4) is 11.3 Å². The molecule has 0 saturated carbocycles. The normalized spacial score (nSPS) is 12.8. The van der Waals surface area contributed by atoms with Crippen molar-refractivity contribution in [3.05, 3.63) is 41.6 Å². The van der Waals surface area contributed by atoms with Crippen molar-refractivity contribution in [3.63, 3.8) is 0 Å². The van der Waals surface area contributed by atoms with E-state index in [1.54, 1.807) is 16.7 Å². The zero-order chi connectivity index (χ0) is 24.5. The zero-order valence-corrected chi connectivity index (χ0v) is 22.1. The van der Waals surface area contributed by atoms with Gasteiger partial charge in [-0.2, -0.15) is 0 Å². The number of methoxy groups -OCH3 is 1. The van der Waals surface area contributed by atoms with Gasteiger partial charge in [-0.15, -0.1) is 0 Å². The van der Waals surface area contributed by atoms with Gasteiger partial charge in [0.15, 0.2) is 5.69 Å². The van der Waals surface area contributed by atoms with Gasteiger partial charge < -0.3 is 34.7 Å². The monoisotopic (exact) mass is 487 g/mol. The van der Waals surface area contributed by atoms with E-state index in [2.05, 4.69) is 10.3 Å². The fourth-order valence-corrected chi connectivity index (χ4v) is 3.53. The number of benzene rings is 1. The van der Waals surface area contributed by atoms with Gasteiger partial charge in [-0.1, -0.05) is 13.8 Å². The van der Waals surface area contributed by atoms with Crippen molar-refractivity contribution < 1.29 is 63.6 Å². The standard InChI is InChI=1S/C23H32FN3O6.Na/c1-14(2)22-26-20(23(32)25-9-11-33-3)21(15-4-6-16(24)7-5-15)27(22)10-8-17(28)12-18(29)13-19(30)31;/h4-7,14,17-18,28-29H,8-13H2,1-3H3,(H,25,32)(H,30,31);/q;+1/p-1/t17-,18-;/m1./s1. The van der Waals surface area contributed by atoms with E-state index in [0.29, 0.717) is 23.7 Å². The molecule has 0 aliphatic carbocycles. The van der Waals surface area contributed by atoms with Gasteiger partial charge >= 0.3 is 29.6 Å². The molecular weight excluding hydrogens is 456 g/mol. The number of aromatic nitrogens is 2. The third kappa shape index (κ3) is 8.75. The number of nitrogens with zero attached hydrogens (tertiary/aromatic N) is 2. The minimum absolute atomic E-state index is 0. The first-order valence-electron chi connectivity index (χ1n) is 10.8. The van der Waals surface area contributed by atoms with Crippen LogP contribution in [-0.4, -0.2) is 64.1 Å². The predicted octanol–water partition coefficient (Wildman–Crippen LogP) is -2.17. The molecular formula is C23H31FN3NaO6. The molecule has 182 valence electrons. The molecule has 2 atom stereocenters. The Bertz CT molecular complexity index is 936. The molecule has 0 unspecified atom stereocenters. The molecule has 34 heavy (non-hydrogen) atoms. The van der Waals surface area contributed by atoms with Crippen LogP contribution in [0.15, 0.2) is 24.3 Å². The number of amides is 1. The number of carbonyl (C=O) groups excluding carboxylic acids is 2. The summed E-state index contributed by atoms with van der Waals surface area (Å²) in [4.78, 5) is 28.1.